The van der Waals surface area contributed by atoms with Gasteiger partial charge in [0.05, 0.1) is 25.4 Å². The smallest absolute Gasteiger partial charge is 0.0717 e. The van der Waals surface area contributed by atoms with Crippen molar-refractivity contribution in [2.24, 2.45) is 0 Å². The van der Waals surface area contributed by atoms with Gasteiger partial charge in [-0.2, -0.15) is 0 Å². The largest absolute Gasteiger partial charge is 0.112 e. The van der Waals surface area contributed by atoms with Gasteiger partial charge in [0, 0.05) is 23.0 Å². The van der Waals surface area contributed by atoms with Gasteiger partial charge < -0.3 is 0 Å². The second-order valence-electron chi connectivity index (χ2n) is 9.23. The van der Waals surface area contributed by atoms with Crippen LogP contribution in [-0.4, -0.2) is 0 Å². The lowest BCUT2D eigenvalue weighted by Crippen LogP contribution is -1.81. The summed E-state index contributed by atoms with van der Waals surface area (Å²) in [7, 11) is 0. The van der Waals surface area contributed by atoms with E-state index in [0.29, 0.717) is 0 Å². The molecule has 0 N–H and O–H groups in total. The number of thioether (sulfide) groups is 8. The number of hydrogen-bond donors (Lipinski definition) is 0. The predicted molar refractivity (Wildman–Crippen MR) is 202 cm³/mol. The Morgan fingerprint density at radius 3 is 0.738 bits per heavy atom. The Kier molecular flexibility index (Phi) is 12.0. The molecule has 212 valence electrons. The maximum atomic E-state index is 2.23. The van der Waals surface area contributed by atoms with Crippen molar-refractivity contribution in [3.05, 3.63) is 169 Å². The van der Waals surface area contributed by atoms with Crippen molar-refractivity contribution in [3.63, 3.8) is 0 Å². The molecule has 0 fully saturated rings. The van der Waals surface area contributed by atoms with Crippen LogP contribution in [0.4, 0.5) is 0 Å². The van der Waals surface area contributed by atoms with Gasteiger partial charge in [-0.3, -0.25) is 0 Å². The normalized spacial score (nSPS) is 15.2. The lowest BCUT2D eigenvalue weighted by Gasteiger charge is -2.05. The third-order valence-electron chi connectivity index (χ3n) is 6.09. The third kappa shape index (κ3) is 8.98. The fourth-order valence-corrected chi connectivity index (χ4v) is 15.8. The zero-order chi connectivity index (χ0) is 28.4. The fraction of sp³-hybridized carbons (Fsp3) is 0.118. The first-order chi connectivity index (χ1) is 20.8. The maximum absolute atomic E-state index is 2.23. The summed E-state index contributed by atoms with van der Waals surface area (Å²) in [6, 6.07) is 43.4. The maximum Gasteiger partial charge on any atom is 0.0717 e. The monoisotopic (exact) mass is 692 g/mol. The van der Waals surface area contributed by atoms with Crippen LogP contribution in [0, 0.1) is 0 Å². The Morgan fingerprint density at radius 2 is 0.524 bits per heavy atom. The Morgan fingerprint density at radius 1 is 0.310 bits per heavy atom. The van der Waals surface area contributed by atoms with Gasteiger partial charge in [-0.15, -0.1) is 47.0 Å². The van der Waals surface area contributed by atoms with E-state index in [9.17, 15) is 0 Å². The summed E-state index contributed by atoms with van der Waals surface area (Å²) in [5, 5.41) is 0. The molecule has 2 heterocycles. The minimum absolute atomic E-state index is 0.997. The van der Waals surface area contributed by atoms with Gasteiger partial charge in [-0.05, 0) is 22.3 Å². The molecule has 0 spiro atoms. The van der Waals surface area contributed by atoms with Crippen molar-refractivity contribution in [2.45, 2.75) is 23.0 Å². The van der Waals surface area contributed by atoms with Crippen molar-refractivity contribution >= 4 is 94.1 Å². The van der Waals surface area contributed by atoms with E-state index in [1.54, 1.807) is 0 Å². The van der Waals surface area contributed by atoms with Crippen LogP contribution in [0.15, 0.2) is 147 Å². The molecule has 0 radical (unpaired) electrons. The average Bonchev–Trinajstić information content (AvgIpc) is 3.66. The van der Waals surface area contributed by atoms with Gasteiger partial charge in [0.25, 0.3) is 0 Å². The number of hydrogen-bond acceptors (Lipinski definition) is 8. The third-order valence-corrected chi connectivity index (χ3v) is 17.9. The van der Waals surface area contributed by atoms with Crippen molar-refractivity contribution in [1.29, 1.82) is 0 Å². The highest BCUT2D eigenvalue weighted by molar-refractivity contribution is 8.44. The Balaban J connectivity index is 1.19. The molecular weight excluding hydrogens is 665 g/mol. The molecule has 42 heavy (non-hydrogen) atoms. The SMILES string of the molecule is c1ccc(CSC2=C(SCc3ccccc3)SC(=C3SC(SCc4ccccc4)=C(SCc4ccccc4)S3)S2)cc1. The second-order valence-corrected chi connectivity index (χ2v) is 18.8. The lowest BCUT2D eigenvalue weighted by atomic mass is 10.2. The second kappa shape index (κ2) is 16.3. The highest BCUT2D eigenvalue weighted by Gasteiger charge is 2.31. The number of benzene rings is 4. The molecule has 0 amide bonds. The molecule has 0 bridgehead atoms. The highest BCUT2D eigenvalue weighted by Crippen LogP contribution is 2.66. The van der Waals surface area contributed by atoms with Gasteiger partial charge in [-0.1, -0.05) is 168 Å². The minimum Gasteiger partial charge on any atom is -0.112 e. The van der Waals surface area contributed by atoms with Crippen molar-refractivity contribution < 1.29 is 0 Å². The van der Waals surface area contributed by atoms with Gasteiger partial charge >= 0.3 is 0 Å². The highest BCUT2D eigenvalue weighted by atomic mass is 32.3. The Hall–Kier alpha value is -1.10. The minimum atomic E-state index is 0.997. The summed E-state index contributed by atoms with van der Waals surface area (Å²) in [4.78, 5) is 0. The summed E-state index contributed by atoms with van der Waals surface area (Å²) in [6.07, 6.45) is 0. The van der Waals surface area contributed by atoms with Crippen molar-refractivity contribution in [1.82, 2.24) is 0 Å². The summed E-state index contributed by atoms with van der Waals surface area (Å²) in [5.74, 6) is 3.99. The zero-order valence-corrected chi connectivity index (χ0v) is 29.2. The fourth-order valence-electron chi connectivity index (χ4n) is 3.96. The van der Waals surface area contributed by atoms with Gasteiger partial charge in [0.15, 0.2) is 0 Å². The van der Waals surface area contributed by atoms with E-state index in [1.165, 1.54) is 47.7 Å². The van der Waals surface area contributed by atoms with Crippen LogP contribution >= 0.6 is 94.1 Å². The molecule has 0 aliphatic carbocycles. The molecule has 0 nitrogen and oxygen atoms in total. The molecule has 8 heteroatoms. The molecule has 4 aromatic rings. The van der Waals surface area contributed by atoms with Gasteiger partial charge in [0.1, 0.15) is 0 Å². The standard InChI is InChI=1S/C34H28S8/c1-5-13-25(14-6-1)21-35-29-30(36-22-26-15-7-2-8-16-26)40-33(39-29)34-41-31(37-23-27-17-9-3-10-18-27)32(42-34)38-24-28-19-11-4-12-20-28/h1-20H,21-24H2. The van der Waals surface area contributed by atoms with Crippen LogP contribution in [0.2, 0.25) is 0 Å². The van der Waals surface area contributed by atoms with E-state index >= 15 is 0 Å². The zero-order valence-electron chi connectivity index (χ0n) is 22.6. The first kappa shape index (κ1) is 30.9. The topological polar surface area (TPSA) is 0 Å². The molecule has 0 saturated carbocycles. The predicted octanol–water partition coefficient (Wildman–Crippen LogP) is 13.1. The van der Waals surface area contributed by atoms with Crippen LogP contribution in [0.5, 0.6) is 0 Å². The molecule has 4 aromatic carbocycles. The van der Waals surface area contributed by atoms with Gasteiger partial charge in [-0.25, -0.2) is 0 Å². The van der Waals surface area contributed by atoms with E-state index in [2.05, 4.69) is 121 Å². The molecule has 0 aromatic heterocycles. The van der Waals surface area contributed by atoms with E-state index in [4.69, 9.17) is 0 Å². The Labute approximate surface area is 283 Å². The van der Waals surface area contributed by atoms with Crippen molar-refractivity contribution in [2.75, 3.05) is 0 Å². The molecule has 0 saturated heterocycles. The molecule has 0 unspecified atom stereocenters. The van der Waals surface area contributed by atoms with Crippen LogP contribution in [0.3, 0.4) is 0 Å². The molecule has 2 aliphatic heterocycles. The van der Waals surface area contributed by atoms with E-state index in [-0.39, 0.29) is 0 Å². The molecule has 6 rings (SSSR count). The van der Waals surface area contributed by atoms with E-state index < -0.39 is 0 Å². The first-order valence-electron chi connectivity index (χ1n) is 13.4. The van der Waals surface area contributed by atoms with Gasteiger partial charge in [0.2, 0.25) is 0 Å². The quantitative estimate of drug-likeness (QED) is 0.142. The van der Waals surface area contributed by atoms with Crippen LogP contribution in [-0.2, 0) is 23.0 Å². The van der Waals surface area contributed by atoms with Crippen LogP contribution < -0.4 is 0 Å². The summed E-state index contributed by atoms with van der Waals surface area (Å²) >= 11 is 15.9. The van der Waals surface area contributed by atoms with E-state index in [0.717, 1.165) is 23.0 Å². The Bertz CT molecular complexity index is 1310. The van der Waals surface area contributed by atoms with Crippen LogP contribution in [0.1, 0.15) is 22.3 Å². The van der Waals surface area contributed by atoms with Crippen molar-refractivity contribution in [3.8, 4) is 0 Å². The molecular formula is C34H28S8. The molecule has 2 aliphatic rings. The lowest BCUT2D eigenvalue weighted by molar-refractivity contribution is 1.42. The average molecular weight is 693 g/mol. The summed E-state index contributed by atoms with van der Waals surface area (Å²) in [6.45, 7) is 0. The number of rotatable bonds is 12. The first-order valence-corrected chi connectivity index (χ1v) is 20.6. The van der Waals surface area contributed by atoms with Crippen LogP contribution in [0.25, 0.3) is 0 Å². The van der Waals surface area contributed by atoms with E-state index in [1.807, 2.05) is 94.1 Å². The summed E-state index contributed by atoms with van der Waals surface area (Å²) in [5.41, 5.74) is 5.50. The summed E-state index contributed by atoms with van der Waals surface area (Å²) < 4.78 is 8.64. The molecule has 0 atom stereocenters.